The second-order valence-corrected chi connectivity index (χ2v) is 8.02. The molecule has 26 heavy (non-hydrogen) atoms. The molecule has 3 rings (SSSR count). The highest BCUT2D eigenvalue weighted by Crippen LogP contribution is 2.27. The summed E-state index contributed by atoms with van der Waals surface area (Å²) in [6, 6.07) is 7.99. The van der Waals surface area contributed by atoms with Gasteiger partial charge in [-0.05, 0) is 31.9 Å². The quantitative estimate of drug-likeness (QED) is 0.679. The Kier molecular flexibility index (Phi) is 6.59. The maximum absolute atomic E-state index is 12.6. The van der Waals surface area contributed by atoms with Crippen LogP contribution in [0.1, 0.15) is 39.0 Å². The molecule has 7 heteroatoms. The molecule has 1 aromatic carbocycles. The van der Waals surface area contributed by atoms with Crippen molar-refractivity contribution in [3.8, 4) is 11.4 Å². The molecule has 1 amide bonds. The van der Waals surface area contributed by atoms with Gasteiger partial charge in [-0.3, -0.25) is 4.79 Å². The van der Waals surface area contributed by atoms with Crippen molar-refractivity contribution >= 4 is 29.3 Å². The van der Waals surface area contributed by atoms with E-state index in [9.17, 15) is 4.79 Å². The minimum absolute atomic E-state index is 0.164. The van der Waals surface area contributed by atoms with Gasteiger partial charge in [-0.15, -0.1) is 10.2 Å². The minimum Gasteiger partial charge on any atom is -0.342 e. The van der Waals surface area contributed by atoms with Crippen molar-refractivity contribution < 1.29 is 4.79 Å². The Morgan fingerprint density at radius 1 is 1.31 bits per heavy atom. The van der Waals surface area contributed by atoms with Crippen molar-refractivity contribution in [1.29, 1.82) is 0 Å². The fourth-order valence-electron chi connectivity index (χ4n) is 3.42. The maximum atomic E-state index is 12.6. The number of hydrogen-bond donors (Lipinski definition) is 0. The molecule has 0 bridgehead atoms. The van der Waals surface area contributed by atoms with Gasteiger partial charge in [0.2, 0.25) is 5.91 Å². The molecular formula is C19H25ClN4OS. The molecule has 1 aliphatic carbocycles. The molecule has 0 spiro atoms. The summed E-state index contributed by atoms with van der Waals surface area (Å²) in [7, 11) is 1.93. The van der Waals surface area contributed by atoms with E-state index in [2.05, 4.69) is 17.1 Å². The second kappa shape index (κ2) is 8.91. The zero-order chi connectivity index (χ0) is 18.5. The zero-order valence-electron chi connectivity index (χ0n) is 15.3. The van der Waals surface area contributed by atoms with Gasteiger partial charge in [0.15, 0.2) is 11.0 Å². The second-order valence-electron chi connectivity index (χ2n) is 6.65. The molecule has 0 unspecified atom stereocenters. The first-order valence-electron chi connectivity index (χ1n) is 9.17. The molecule has 0 saturated heterocycles. The maximum Gasteiger partial charge on any atom is 0.233 e. The number of thioether (sulfide) groups is 1. The van der Waals surface area contributed by atoms with Crippen molar-refractivity contribution in [3.63, 3.8) is 0 Å². The van der Waals surface area contributed by atoms with Crippen molar-refractivity contribution in [2.75, 3.05) is 12.8 Å². The highest BCUT2D eigenvalue weighted by atomic mass is 35.5. The summed E-state index contributed by atoms with van der Waals surface area (Å²) in [5, 5.41) is 10.1. The van der Waals surface area contributed by atoms with Gasteiger partial charge in [0.05, 0.1) is 5.75 Å². The summed E-state index contributed by atoms with van der Waals surface area (Å²) in [6.07, 6.45) is 5.98. The van der Waals surface area contributed by atoms with E-state index in [0.717, 1.165) is 35.9 Å². The lowest BCUT2D eigenvalue weighted by Gasteiger charge is -2.31. The lowest BCUT2D eigenvalue weighted by molar-refractivity contribution is -0.129. The van der Waals surface area contributed by atoms with Crippen LogP contribution < -0.4 is 0 Å². The van der Waals surface area contributed by atoms with Crippen LogP contribution in [0, 0.1) is 0 Å². The van der Waals surface area contributed by atoms with Gasteiger partial charge >= 0.3 is 0 Å². The van der Waals surface area contributed by atoms with Crippen LogP contribution in [0.4, 0.5) is 0 Å². The number of carbonyl (C=O) groups is 1. The molecule has 0 atom stereocenters. The van der Waals surface area contributed by atoms with E-state index in [4.69, 9.17) is 11.6 Å². The summed E-state index contributed by atoms with van der Waals surface area (Å²) in [5.41, 5.74) is 0.935. The van der Waals surface area contributed by atoms with E-state index in [1.54, 1.807) is 0 Å². The molecule has 140 valence electrons. The number of amides is 1. The summed E-state index contributed by atoms with van der Waals surface area (Å²) in [4.78, 5) is 14.5. The zero-order valence-corrected chi connectivity index (χ0v) is 16.9. The van der Waals surface area contributed by atoms with Crippen LogP contribution in [0.15, 0.2) is 29.4 Å². The van der Waals surface area contributed by atoms with Crippen LogP contribution in [0.2, 0.25) is 5.02 Å². The lowest BCUT2D eigenvalue weighted by Crippen LogP contribution is -2.39. The number of rotatable bonds is 6. The average molecular weight is 393 g/mol. The lowest BCUT2D eigenvalue weighted by atomic mass is 9.94. The van der Waals surface area contributed by atoms with Gasteiger partial charge in [0, 0.05) is 30.2 Å². The first-order valence-corrected chi connectivity index (χ1v) is 10.5. The van der Waals surface area contributed by atoms with E-state index in [1.807, 2.05) is 40.8 Å². The van der Waals surface area contributed by atoms with Crippen molar-refractivity contribution in [3.05, 3.63) is 29.3 Å². The molecule has 1 aliphatic rings. The van der Waals surface area contributed by atoms with Crippen LogP contribution >= 0.6 is 23.4 Å². The van der Waals surface area contributed by atoms with Gasteiger partial charge in [-0.1, -0.05) is 54.8 Å². The van der Waals surface area contributed by atoms with Crippen LogP contribution in [-0.4, -0.2) is 44.4 Å². The number of carbonyl (C=O) groups excluding carboxylic acids is 1. The Labute approximate surface area is 164 Å². The number of nitrogens with zero attached hydrogens (tertiary/aromatic N) is 4. The van der Waals surface area contributed by atoms with Gasteiger partial charge < -0.3 is 9.47 Å². The Morgan fingerprint density at radius 3 is 2.77 bits per heavy atom. The number of aromatic nitrogens is 3. The summed E-state index contributed by atoms with van der Waals surface area (Å²) in [5.74, 6) is 1.34. The predicted octanol–water partition coefficient (Wildman–Crippen LogP) is 4.50. The molecule has 2 aromatic rings. The smallest absolute Gasteiger partial charge is 0.233 e. The van der Waals surface area contributed by atoms with E-state index in [1.165, 1.54) is 31.0 Å². The molecule has 1 aromatic heterocycles. The first-order chi connectivity index (χ1) is 12.6. The highest BCUT2D eigenvalue weighted by molar-refractivity contribution is 7.99. The summed E-state index contributed by atoms with van der Waals surface area (Å²) < 4.78 is 2.03. The molecular weight excluding hydrogens is 368 g/mol. The molecule has 1 heterocycles. The van der Waals surface area contributed by atoms with Crippen LogP contribution in [0.25, 0.3) is 11.4 Å². The fourth-order valence-corrected chi connectivity index (χ4v) is 4.54. The van der Waals surface area contributed by atoms with E-state index >= 15 is 0 Å². The Balaban J connectivity index is 1.67. The third-order valence-electron chi connectivity index (χ3n) is 4.96. The third-order valence-corrected chi connectivity index (χ3v) is 6.14. The normalized spacial score (nSPS) is 15.2. The van der Waals surface area contributed by atoms with Gasteiger partial charge in [0.25, 0.3) is 0 Å². The van der Waals surface area contributed by atoms with Gasteiger partial charge in [-0.2, -0.15) is 0 Å². The van der Waals surface area contributed by atoms with E-state index in [-0.39, 0.29) is 5.91 Å². The summed E-state index contributed by atoms with van der Waals surface area (Å²) in [6.45, 7) is 2.79. The number of halogens is 1. The SMILES string of the molecule is CCn1c(SCC(=O)N(C)C2CCCCC2)nnc1-c1cccc(Cl)c1. The Bertz CT molecular complexity index is 758. The predicted molar refractivity (Wildman–Crippen MR) is 107 cm³/mol. The fraction of sp³-hybridized carbons (Fsp3) is 0.526. The molecule has 1 saturated carbocycles. The standard InChI is InChI=1S/C19H25ClN4OS/c1-3-24-18(14-8-7-9-15(20)12-14)21-22-19(24)26-13-17(25)23(2)16-10-5-4-6-11-16/h7-9,12,16H,3-6,10-11,13H2,1-2H3. The molecule has 0 N–H and O–H groups in total. The van der Waals surface area contributed by atoms with Crippen LogP contribution in [0.5, 0.6) is 0 Å². The first kappa shape index (κ1) is 19.2. The highest BCUT2D eigenvalue weighted by Gasteiger charge is 2.23. The third kappa shape index (κ3) is 4.41. The van der Waals surface area contributed by atoms with Crippen LogP contribution in [0.3, 0.4) is 0 Å². The number of hydrogen-bond acceptors (Lipinski definition) is 4. The molecule has 0 radical (unpaired) electrons. The number of benzene rings is 1. The largest absolute Gasteiger partial charge is 0.342 e. The molecule has 0 aliphatic heterocycles. The Hall–Kier alpha value is -1.53. The van der Waals surface area contributed by atoms with Crippen molar-refractivity contribution in [1.82, 2.24) is 19.7 Å². The minimum atomic E-state index is 0.164. The van der Waals surface area contributed by atoms with E-state index < -0.39 is 0 Å². The van der Waals surface area contributed by atoms with E-state index in [0.29, 0.717) is 16.8 Å². The van der Waals surface area contributed by atoms with Gasteiger partial charge in [-0.25, -0.2) is 0 Å². The summed E-state index contributed by atoms with van der Waals surface area (Å²) >= 11 is 7.55. The van der Waals surface area contributed by atoms with Crippen molar-refractivity contribution in [2.24, 2.45) is 0 Å². The van der Waals surface area contributed by atoms with Crippen LogP contribution in [-0.2, 0) is 11.3 Å². The molecule has 1 fully saturated rings. The molecule has 5 nitrogen and oxygen atoms in total. The monoisotopic (exact) mass is 392 g/mol. The topological polar surface area (TPSA) is 51.0 Å². The average Bonchev–Trinajstić information content (AvgIpc) is 3.09. The Morgan fingerprint density at radius 2 is 2.08 bits per heavy atom. The van der Waals surface area contributed by atoms with Gasteiger partial charge in [0.1, 0.15) is 0 Å². The van der Waals surface area contributed by atoms with Crippen molar-refractivity contribution in [2.45, 2.75) is 56.8 Å².